The maximum absolute atomic E-state index is 13.0. The van der Waals surface area contributed by atoms with E-state index in [1.165, 1.54) is 4.52 Å². The van der Waals surface area contributed by atoms with E-state index in [0.29, 0.717) is 28.9 Å². The lowest BCUT2D eigenvalue weighted by Gasteiger charge is -2.11. The molecule has 5 rings (SSSR count). The van der Waals surface area contributed by atoms with Crippen LogP contribution in [0.5, 0.6) is 0 Å². The second-order valence-corrected chi connectivity index (χ2v) is 6.33. The third kappa shape index (κ3) is 2.58. The Labute approximate surface area is 154 Å². The molecule has 2 N–H and O–H groups in total. The van der Waals surface area contributed by atoms with Crippen LogP contribution in [0.25, 0.3) is 27.3 Å². The van der Waals surface area contributed by atoms with Gasteiger partial charge in [0.05, 0.1) is 10.9 Å². The van der Waals surface area contributed by atoms with E-state index in [0.717, 1.165) is 16.3 Å². The quantitative estimate of drug-likeness (QED) is 0.399. The van der Waals surface area contributed by atoms with Crippen LogP contribution in [0.4, 0.5) is 5.82 Å². The average Bonchev–Trinajstić information content (AvgIpc) is 2.73. The lowest BCUT2D eigenvalue weighted by atomic mass is 10.1. The highest BCUT2D eigenvalue weighted by Gasteiger charge is 2.13. The molecule has 2 aromatic carbocycles. The molecule has 0 aliphatic carbocycles. The van der Waals surface area contributed by atoms with Gasteiger partial charge >= 0.3 is 0 Å². The van der Waals surface area contributed by atoms with Gasteiger partial charge in [-0.15, -0.1) is 5.10 Å². The Hall–Kier alpha value is -3.80. The third-order valence-corrected chi connectivity index (χ3v) is 4.61. The van der Waals surface area contributed by atoms with Gasteiger partial charge in [0.25, 0.3) is 5.56 Å². The molecule has 0 saturated heterocycles. The van der Waals surface area contributed by atoms with Crippen LogP contribution in [-0.2, 0) is 6.54 Å². The maximum atomic E-state index is 13.0. The van der Waals surface area contributed by atoms with Gasteiger partial charge in [0.15, 0.2) is 23.9 Å². The lowest BCUT2D eigenvalue weighted by molar-refractivity contribution is -0.378. The van der Waals surface area contributed by atoms with Crippen molar-refractivity contribution in [1.82, 2.24) is 14.6 Å². The minimum Gasteiger partial charge on any atom is -0.364 e. The Morgan fingerprint density at radius 2 is 1.70 bits per heavy atom. The van der Waals surface area contributed by atoms with Crippen molar-refractivity contribution in [3.8, 4) is 0 Å². The first-order valence-electron chi connectivity index (χ1n) is 8.71. The fourth-order valence-corrected chi connectivity index (χ4v) is 3.29. The predicted molar refractivity (Wildman–Crippen MR) is 105 cm³/mol. The smallest absolute Gasteiger partial charge is 0.282 e. The summed E-state index contributed by atoms with van der Waals surface area (Å²) in [5.74, 6) is 0.654. The van der Waals surface area contributed by atoms with Gasteiger partial charge in [-0.2, -0.15) is 4.52 Å². The first-order chi connectivity index (χ1) is 13.3. The number of aromatic amines is 1. The van der Waals surface area contributed by atoms with Gasteiger partial charge in [0.1, 0.15) is 0 Å². The number of hydrogen-bond donors (Lipinski definition) is 1. The summed E-state index contributed by atoms with van der Waals surface area (Å²) in [5.41, 5.74) is 2.16. The van der Waals surface area contributed by atoms with Crippen LogP contribution in [0.3, 0.4) is 0 Å². The Balaban J connectivity index is 1.76. The van der Waals surface area contributed by atoms with Crippen LogP contribution in [-0.4, -0.2) is 14.6 Å². The van der Waals surface area contributed by atoms with Gasteiger partial charge in [-0.3, -0.25) is 4.79 Å². The first-order valence-corrected chi connectivity index (χ1v) is 8.71. The fraction of sp³-hybridized carbons (Fsp3) is 0.0476. The molecule has 130 valence electrons. The summed E-state index contributed by atoms with van der Waals surface area (Å²) < 4.78 is 1.39. The van der Waals surface area contributed by atoms with Crippen molar-refractivity contribution in [2.45, 2.75) is 6.54 Å². The number of fused-ring (bicyclic) bond motifs is 4. The summed E-state index contributed by atoms with van der Waals surface area (Å²) in [5, 5.41) is 10.3. The minimum atomic E-state index is -0.169. The second kappa shape index (κ2) is 6.17. The molecule has 6 heteroatoms. The molecule has 5 aromatic rings. The van der Waals surface area contributed by atoms with Gasteiger partial charge in [-0.25, -0.2) is 9.97 Å². The fourth-order valence-electron chi connectivity index (χ4n) is 3.29. The highest BCUT2D eigenvalue weighted by Crippen LogP contribution is 2.24. The molecule has 0 amide bonds. The van der Waals surface area contributed by atoms with Crippen molar-refractivity contribution in [3.63, 3.8) is 0 Å². The van der Waals surface area contributed by atoms with Crippen molar-refractivity contribution in [1.29, 1.82) is 0 Å². The molecule has 3 heterocycles. The van der Waals surface area contributed by atoms with E-state index in [2.05, 4.69) is 15.4 Å². The Morgan fingerprint density at radius 1 is 0.926 bits per heavy atom. The number of rotatable bonds is 3. The van der Waals surface area contributed by atoms with Crippen LogP contribution in [0.2, 0.25) is 0 Å². The summed E-state index contributed by atoms with van der Waals surface area (Å²) in [6, 6.07) is 19.2. The molecule has 6 nitrogen and oxygen atoms in total. The molecular formula is C21H16N5O+. The number of pyridine rings is 1. The summed E-state index contributed by atoms with van der Waals surface area (Å²) in [6.45, 7) is 0.593. The third-order valence-electron chi connectivity index (χ3n) is 4.61. The molecule has 3 aromatic heterocycles. The second-order valence-electron chi connectivity index (χ2n) is 6.33. The van der Waals surface area contributed by atoms with Gasteiger partial charge in [0, 0.05) is 28.9 Å². The van der Waals surface area contributed by atoms with Crippen molar-refractivity contribution in [2.75, 3.05) is 5.32 Å². The zero-order valence-corrected chi connectivity index (χ0v) is 14.4. The molecule has 27 heavy (non-hydrogen) atoms. The van der Waals surface area contributed by atoms with Gasteiger partial charge in [-0.05, 0) is 18.2 Å². The molecule has 0 radical (unpaired) electrons. The van der Waals surface area contributed by atoms with E-state index in [9.17, 15) is 4.79 Å². The maximum Gasteiger partial charge on any atom is 0.282 e. The van der Waals surface area contributed by atoms with E-state index in [1.54, 1.807) is 6.07 Å². The molecule has 0 unspecified atom stereocenters. The summed E-state index contributed by atoms with van der Waals surface area (Å²) in [6.07, 6.45) is 3.79. The van der Waals surface area contributed by atoms with Crippen molar-refractivity contribution in [2.24, 2.45) is 0 Å². The van der Waals surface area contributed by atoms with Crippen LogP contribution in [0.15, 0.2) is 77.9 Å². The molecular weight excluding hydrogens is 338 g/mol. The number of hydrogen-bond acceptors (Lipinski definition) is 4. The highest BCUT2D eigenvalue weighted by molar-refractivity contribution is 6.01. The van der Waals surface area contributed by atoms with Gasteiger partial charge in [-0.1, -0.05) is 36.4 Å². The average molecular weight is 354 g/mol. The Bertz CT molecular complexity index is 1350. The number of nitrogens with one attached hydrogen (secondary N) is 2. The first kappa shape index (κ1) is 15.5. The van der Waals surface area contributed by atoms with Crippen molar-refractivity contribution < 1.29 is 4.98 Å². The summed E-state index contributed by atoms with van der Waals surface area (Å²) >= 11 is 0. The molecule has 0 atom stereocenters. The Kier molecular flexibility index (Phi) is 3.53. The molecule has 0 spiro atoms. The number of nitrogens with zero attached hydrogens (tertiary/aromatic N) is 3. The van der Waals surface area contributed by atoms with E-state index in [-0.39, 0.29) is 5.56 Å². The van der Waals surface area contributed by atoms with Gasteiger partial charge in [0.2, 0.25) is 0 Å². The van der Waals surface area contributed by atoms with Crippen molar-refractivity contribution >= 4 is 33.1 Å². The predicted octanol–water partition coefficient (Wildman–Crippen LogP) is 2.82. The monoisotopic (exact) mass is 354 g/mol. The molecule has 0 bridgehead atoms. The number of H-pyrrole nitrogens is 1. The van der Waals surface area contributed by atoms with Gasteiger partial charge < -0.3 is 5.32 Å². The highest BCUT2D eigenvalue weighted by atomic mass is 16.1. The molecule has 0 aliphatic rings. The number of benzene rings is 2. The van der Waals surface area contributed by atoms with Crippen molar-refractivity contribution in [3.05, 3.63) is 89.0 Å². The zero-order valence-electron chi connectivity index (χ0n) is 14.4. The number of para-hydroxylation sites is 1. The van der Waals surface area contributed by atoms with E-state index in [1.807, 2.05) is 67.0 Å². The van der Waals surface area contributed by atoms with Crippen LogP contribution in [0, 0.1) is 0 Å². The lowest BCUT2D eigenvalue weighted by Crippen LogP contribution is -2.20. The Morgan fingerprint density at radius 3 is 2.52 bits per heavy atom. The molecule has 0 aliphatic heterocycles. The molecule has 0 fully saturated rings. The van der Waals surface area contributed by atoms with E-state index < -0.39 is 0 Å². The standard InChI is InChI=1S/C21H15N5O/c27-21-17-9-3-4-10-18(17)24-20-16-8-2-1-7-15(16)19(25-26(20)21)23-13-14-6-5-11-22-12-14/h1-12H,13H2,(H,23,25)/p+1. The van der Waals surface area contributed by atoms with E-state index >= 15 is 0 Å². The van der Waals surface area contributed by atoms with Crippen LogP contribution >= 0.6 is 0 Å². The summed E-state index contributed by atoms with van der Waals surface area (Å²) in [7, 11) is 0. The SMILES string of the molecule is O=c1c2ccccc2nc2c3ccccc3c(NCc3ccc[nH+]c3)nn12. The largest absolute Gasteiger partial charge is 0.364 e. The number of anilines is 1. The van der Waals surface area contributed by atoms with E-state index in [4.69, 9.17) is 4.98 Å². The number of aromatic nitrogens is 4. The normalized spacial score (nSPS) is 11.3. The minimum absolute atomic E-state index is 0.169. The summed E-state index contributed by atoms with van der Waals surface area (Å²) in [4.78, 5) is 20.7. The topological polar surface area (TPSA) is 73.4 Å². The molecule has 0 saturated carbocycles. The van der Waals surface area contributed by atoms with Crippen LogP contribution in [0.1, 0.15) is 5.56 Å². The van der Waals surface area contributed by atoms with Crippen LogP contribution < -0.4 is 15.9 Å². The zero-order chi connectivity index (χ0) is 18.2.